The zero-order valence-electron chi connectivity index (χ0n) is 8.24. The third kappa shape index (κ3) is 1.85. The number of benzene rings is 1. The number of hydrogen-bond acceptors (Lipinski definition) is 2. The molecule has 0 bridgehead atoms. The normalized spacial score (nSPS) is 14.5. The number of amides is 1. The molecule has 0 unspecified atom stereocenters. The Balaban J connectivity index is 2.27. The van der Waals surface area contributed by atoms with Crippen LogP contribution in [-0.2, 0) is 11.2 Å². The fraction of sp³-hybridized carbons (Fsp3) is 0.364. The molecule has 1 aromatic rings. The Bertz CT molecular complexity index is 392. The van der Waals surface area contributed by atoms with Gasteiger partial charge in [-0.15, -0.1) is 0 Å². The first-order valence-electron chi connectivity index (χ1n) is 4.92. The van der Waals surface area contributed by atoms with Crippen LogP contribution in [-0.4, -0.2) is 24.2 Å². The number of carbonyl (C=O) groups excluding carboxylic acids is 1. The van der Waals surface area contributed by atoms with Gasteiger partial charge >= 0.3 is 0 Å². The molecule has 3 nitrogen and oxygen atoms in total. The van der Waals surface area contributed by atoms with E-state index in [-0.39, 0.29) is 18.3 Å². The molecule has 1 heterocycles. The molecule has 2 rings (SSSR count). The van der Waals surface area contributed by atoms with Gasteiger partial charge in [0.1, 0.15) is 5.82 Å². The molecule has 15 heavy (non-hydrogen) atoms. The smallest absolute Gasteiger partial charge is 0.231 e. The second-order valence-electron chi connectivity index (χ2n) is 3.57. The number of aliphatic hydroxyl groups excluding tert-OH is 1. The fourth-order valence-electron chi connectivity index (χ4n) is 1.80. The zero-order chi connectivity index (χ0) is 10.8. The van der Waals surface area contributed by atoms with E-state index >= 15 is 0 Å². The van der Waals surface area contributed by atoms with Crippen molar-refractivity contribution in [2.45, 2.75) is 12.8 Å². The van der Waals surface area contributed by atoms with E-state index in [9.17, 15) is 9.18 Å². The monoisotopic (exact) mass is 209 g/mol. The minimum Gasteiger partial charge on any atom is -0.396 e. The molecule has 0 saturated carbocycles. The molecule has 0 spiro atoms. The lowest BCUT2D eigenvalue weighted by Gasteiger charge is -2.16. The maximum absolute atomic E-state index is 13.0. The van der Waals surface area contributed by atoms with Crippen LogP contribution in [0.5, 0.6) is 0 Å². The highest BCUT2D eigenvalue weighted by Gasteiger charge is 2.26. The van der Waals surface area contributed by atoms with Crippen LogP contribution < -0.4 is 4.90 Å². The number of rotatable bonds is 3. The molecule has 0 saturated heterocycles. The van der Waals surface area contributed by atoms with E-state index in [0.717, 1.165) is 5.56 Å². The van der Waals surface area contributed by atoms with Crippen LogP contribution in [0.4, 0.5) is 10.1 Å². The van der Waals surface area contributed by atoms with Crippen molar-refractivity contribution in [3.63, 3.8) is 0 Å². The summed E-state index contributed by atoms with van der Waals surface area (Å²) >= 11 is 0. The third-order valence-corrected chi connectivity index (χ3v) is 2.52. The predicted octanol–water partition coefficient (Wildman–Crippen LogP) is 1.10. The average molecular weight is 209 g/mol. The van der Waals surface area contributed by atoms with Crippen LogP contribution in [0, 0.1) is 5.82 Å². The number of aliphatic hydroxyl groups is 1. The molecule has 0 radical (unpaired) electrons. The topological polar surface area (TPSA) is 40.5 Å². The van der Waals surface area contributed by atoms with Crippen molar-refractivity contribution < 1.29 is 14.3 Å². The second-order valence-corrected chi connectivity index (χ2v) is 3.57. The van der Waals surface area contributed by atoms with Crippen molar-refractivity contribution in [2.24, 2.45) is 0 Å². The van der Waals surface area contributed by atoms with Crippen LogP contribution >= 0.6 is 0 Å². The Kier molecular flexibility index (Phi) is 2.68. The number of anilines is 1. The molecular weight excluding hydrogens is 197 g/mol. The van der Waals surface area contributed by atoms with Crippen molar-refractivity contribution in [3.8, 4) is 0 Å². The van der Waals surface area contributed by atoms with E-state index in [1.165, 1.54) is 17.0 Å². The average Bonchev–Trinajstić information content (AvgIpc) is 2.51. The Morgan fingerprint density at radius 3 is 3.00 bits per heavy atom. The number of fused-ring (bicyclic) bond motifs is 1. The van der Waals surface area contributed by atoms with Gasteiger partial charge in [-0.2, -0.15) is 0 Å². The standard InChI is InChI=1S/C11H12FNO2/c12-9-3-2-8-6-11(15)13(4-1-5-14)10(8)7-9/h2-3,7,14H,1,4-6H2. The number of carbonyl (C=O) groups is 1. The maximum atomic E-state index is 13.0. The molecule has 80 valence electrons. The van der Waals surface area contributed by atoms with E-state index in [2.05, 4.69) is 0 Å². The summed E-state index contributed by atoms with van der Waals surface area (Å²) < 4.78 is 13.0. The van der Waals surface area contributed by atoms with Crippen molar-refractivity contribution in [3.05, 3.63) is 29.6 Å². The molecule has 0 aliphatic carbocycles. The fourth-order valence-corrected chi connectivity index (χ4v) is 1.80. The Labute approximate surface area is 87.1 Å². The minimum atomic E-state index is -0.336. The first-order chi connectivity index (χ1) is 7.22. The summed E-state index contributed by atoms with van der Waals surface area (Å²) in [6, 6.07) is 4.38. The highest BCUT2D eigenvalue weighted by Crippen LogP contribution is 2.29. The first-order valence-corrected chi connectivity index (χ1v) is 4.92. The molecule has 1 amide bonds. The van der Waals surface area contributed by atoms with Gasteiger partial charge in [0.25, 0.3) is 0 Å². The van der Waals surface area contributed by atoms with Crippen molar-refractivity contribution in [1.29, 1.82) is 0 Å². The number of nitrogens with zero attached hydrogens (tertiary/aromatic N) is 1. The number of hydrogen-bond donors (Lipinski definition) is 1. The van der Waals surface area contributed by atoms with E-state index in [4.69, 9.17) is 5.11 Å². The molecule has 0 atom stereocenters. The highest BCUT2D eigenvalue weighted by molar-refractivity contribution is 6.01. The summed E-state index contributed by atoms with van der Waals surface area (Å²) in [5, 5.41) is 8.70. The molecule has 1 aliphatic rings. The van der Waals surface area contributed by atoms with Gasteiger partial charge < -0.3 is 10.0 Å². The molecule has 1 N–H and O–H groups in total. The van der Waals surface area contributed by atoms with Gasteiger partial charge in [0.2, 0.25) is 5.91 Å². The molecular formula is C11H12FNO2. The van der Waals surface area contributed by atoms with E-state index in [0.29, 0.717) is 25.1 Å². The maximum Gasteiger partial charge on any atom is 0.231 e. The van der Waals surface area contributed by atoms with Gasteiger partial charge in [-0.3, -0.25) is 4.79 Å². The van der Waals surface area contributed by atoms with Gasteiger partial charge in [-0.25, -0.2) is 4.39 Å². The lowest BCUT2D eigenvalue weighted by molar-refractivity contribution is -0.117. The molecule has 1 aromatic carbocycles. The SMILES string of the molecule is O=C1Cc2ccc(F)cc2N1CCCO. The summed E-state index contributed by atoms with van der Waals surface area (Å²) in [6.45, 7) is 0.486. The molecule has 0 aromatic heterocycles. The largest absolute Gasteiger partial charge is 0.396 e. The summed E-state index contributed by atoms with van der Waals surface area (Å²) in [5.74, 6) is -0.360. The second kappa shape index (κ2) is 3.98. The van der Waals surface area contributed by atoms with E-state index in [1.807, 2.05) is 0 Å². The third-order valence-electron chi connectivity index (χ3n) is 2.52. The van der Waals surface area contributed by atoms with Gasteiger partial charge in [-0.1, -0.05) is 6.07 Å². The van der Waals surface area contributed by atoms with Crippen molar-refractivity contribution in [1.82, 2.24) is 0 Å². The van der Waals surface area contributed by atoms with E-state index in [1.54, 1.807) is 6.07 Å². The number of halogens is 1. The molecule has 4 heteroatoms. The van der Waals surface area contributed by atoms with Gasteiger partial charge in [-0.05, 0) is 24.1 Å². The summed E-state index contributed by atoms with van der Waals surface area (Å²) in [6.07, 6.45) is 0.850. The predicted molar refractivity (Wildman–Crippen MR) is 54.2 cm³/mol. The van der Waals surface area contributed by atoms with Crippen molar-refractivity contribution >= 4 is 11.6 Å². The van der Waals surface area contributed by atoms with Crippen LogP contribution in [0.2, 0.25) is 0 Å². The van der Waals surface area contributed by atoms with E-state index < -0.39 is 0 Å². The Hall–Kier alpha value is -1.42. The first kappa shape index (κ1) is 10.1. The van der Waals surface area contributed by atoms with Gasteiger partial charge in [0.15, 0.2) is 0 Å². The lowest BCUT2D eigenvalue weighted by atomic mass is 10.1. The summed E-state index contributed by atoms with van der Waals surface area (Å²) in [5.41, 5.74) is 1.51. The summed E-state index contributed by atoms with van der Waals surface area (Å²) in [4.78, 5) is 13.1. The van der Waals surface area contributed by atoms with Crippen LogP contribution in [0.15, 0.2) is 18.2 Å². The van der Waals surface area contributed by atoms with Crippen molar-refractivity contribution in [2.75, 3.05) is 18.1 Å². The Morgan fingerprint density at radius 1 is 1.47 bits per heavy atom. The quantitative estimate of drug-likeness (QED) is 0.809. The van der Waals surface area contributed by atoms with Gasteiger partial charge in [0.05, 0.1) is 12.1 Å². The lowest BCUT2D eigenvalue weighted by Crippen LogP contribution is -2.28. The molecule has 0 fully saturated rings. The van der Waals surface area contributed by atoms with Crippen LogP contribution in [0.25, 0.3) is 0 Å². The minimum absolute atomic E-state index is 0.0240. The molecule has 1 aliphatic heterocycles. The zero-order valence-corrected chi connectivity index (χ0v) is 8.24. The van der Waals surface area contributed by atoms with Crippen LogP contribution in [0.1, 0.15) is 12.0 Å². The van der Waals surface area contributed by atoms with Gasteiger partial charge in [0, 0.05) is 13.2 Å². The highest BCUT2D eigenvalue weighted by atomic mass is 19.1. The van der Waals surface area contributed by atoms with Crippen LogP contribution in [0.3, 0.4) is 0 Å². The Morgan fingerprint density at radius 2 is 2.27 bits per heavy atom. The summed E-state index contributed by atoms with van der Waals surface area (Å²) in [7, 11) is 0.